The van der Waals surface area contributed by atoms with Gasteiger partial charge >= 0.3 is 29.6 Å². The summed E-state index contributed by atoms with van der Waals surface area (Å²) >= 11 is 0. The summed E-state index contributed by atoms with van der Waals surface area (Å²) < 4.78 is 13.5. The molecule has 0 aliphatic carbocycles. The van der Waals surface area contributed by atoms with E-state index in [0.29, 0.717) is 6.42 Å². The van der Waals surface area contributed by atoms with Crippen molar-refractivity contribution in [1.29, 1.82) is 0 Å². The third-order valence-corrected chi connectivity index (χ3v) is 0.639. The second kappa shape index (κ2) is 8.66. The zero-order chi connectivity index (χ0) is 6.41. The van der Waals surface area contributed by atoms with Crippen LogP contribution in [0.5, 0.6) is 0 Å². The number of rotatable bonds is 3. The predicted octanol–water partition coefficient (Wildman–Crippen LogP) is -2.85. The predicted molar refractivity (Wildman–Crippen MR) is 28.9 cm³/mol. The molecule has 0 aliphatic heterocycles. The van der Waals surface area contributed by atoms with E-state index in [9.17, 15) is 9.46 Å². The maximum atomic E-state index is 9.61. The zero-order valence-electron chi connectivity index (χ0n) is 5.46. The van der Waals surface area contributed by atoms with E-state index >= 15 is 0 Å². The van der Waals surface area contributed by atoms with Crippen molar-refractivity contribution >= 4 is 14.5 Å². The zero-order valence-corrected chi connectivity index (χ0v) is 8.46. The molecule has 0 aromatic rings. The van der Waals surface area contributed by atoms with Crippen LogP contribution in [0.4, 0.5) is 0 Å². The Morgan fingerprint density at radius 1 is 1.89 bits per heavy atom. The van der Waals surface area contributed by atoms with Gasteiger partial charge in [-0.25, -0.2) is 0 Å². The fourth-order valence-electron chi connectivity index (χ4n) is 0.155. The number of oxime groups is 1. The molecule has 0 radical (unpaired) electrons. The van der Waals surface area contributed by atoms with Gasteiger partial charge in [-0.05, 0) is 6.42 Å². The molecular formula is C3H7NNaO3P. The first-order chi connectivity index (χ1) is 3.77. The molecule has 6 heteroatoms. The number of hydrogen-bond donors (Lipinski definition) is 0. The van der Waals surface area contributed by atoms with Crippen LogP contribution in [0.2, 0.25) is 0 Å². The van der Waals surface area contributed by atoms with E-state index in [1.165, 1.54) is 6.21 Å². The summed E-state index contributed by atoms with van der Waals surface area (Å²) in [7, 11) is -3.11. The van der Waals surface area contributed by atoms with Crippen LogP contribution in [0.3, 0.4) is 0 Å². The summed E-state index contributed by atoms with van der Waals surface area (Å²) in [6, 6.07) is 0. The van der Waals surface area contributed by atoms with Crippen LogP contribution in [-0.2, 0) is 9.19 Å². The van der Waals surface area contributed by atoms with Crippen molar-refractivity contribution in [2.75, 3.05) is 0 Å². The van der Waals surface area contributed by atoms with Gasteiger partial charge in [0.15, 0.2) is 0 Å². The Labute approximate surface area is 76.5 Å². The monoisotopic (exact) mass is 159 g/mol. The van der Waals surface area contributed by atoms with Crippen molar-refractivity contribution < 1.29 is 43.6 Å². The fourth-order valence-corrected chi connectivity index (χ4v) is 0.315. The summed E-state index contributed by atoms with van der Waals surface area (Å²) in [6.07, 6.45) is 2.05. The van der Waals surface area contributed by atoms with Gasteiger partial charge < -0.3 is 9.52 Å². The van der Waals surface area contributed by atoms with Gasteiger partial charge in [-0.1, -0.05) is 12.1 Å². The van der Waals surface area contributed by atoms with Gasteiger partial charge in [-0.2, -0.15) is 0 Å². The molecule has 0 heterocycles. The Kier molecular flexibility index (Phi) is 11.9. The van der Waals surface area contributed by atoms with Crippen LogP contribution < -0.4 is 34.5 Å². The summed E-state index contributed by atoms with van der Waals surface area (Å²) in [6.45, 7) is 1.83. The van der Waals surface area contributed by atoms with Gasteiger partial charge in [0.25, 0.3) is 0 Å². The Morgan fingerprint density at radius 2 is 2.44 bits per heavy atom. The maximum Gasteiger partial charge on any atom is 1.00 e. The van der Waals surface area contributed by atoms with Gasteiger partial charge in [0.1, 0.15) is 0 Å². The molecule has 0 aromatic carbocycles. The van der Waals surface area contributed by atoms with Crippen LogP contribution in [0.15, 0.2) is 5.16 Å². The number of nitrogens with zero attached hydrogens (tertiary/aromatic N) is 1. The van der Waals surface area contributed by atoms with Gasteiger partial charge in [0, 0.05) is 6.21 Å². The fraction of sp³-hybridized carbons (Fsp3) is 0.667. The molecule has 0 aliphatic rings. The van der Waals surface area contributed by atoms with Crippen LogP contribution in [0.1, 0.15) is 13.3 Å². The topological polar surface area (TPSA) is 61.7 Å². The molecule has 0 saturated heterocycles. The molecule has 1 unspecified atom stereocenters. The molecule has 0 rings (SSSR count). The van der Waals surface area contributed by atoms with Crippen molar-refractivity contribution in [3.63, 3.8) is 0 Å². The standard InChI is InChI=1S/C3H8NO3P.Na/c1-2-3-4-7-8(5)6;/h3,8H,2H2,1H3,(H,5,6);/q;+1/p-1. The average molecular weight is 159 g/mol. The third-order valence-electron chi connectivity index (χ3n) is 0.384. The second-order valence-electron chi connectivity index (χ2n) is 1.04. The van der Waals surface area contributed by atoms with Crippen LogP contribution in [0.25, 0.3) is 0 Å². The molecule has 4 nitrogen and oxygen atoms in total. The Morgan fingerprint density at radius 3 is 2.78 bits per heavy atom. The largest absolute Gasteiger partial charge is 1.00 e. The molecule has 0 amide bonds. The SMILES string of the molecule is CCC=NO[PH](=O)[O-].[Na+]. The minimum Gasteiger partial charge on any atom is -0.769 e. The molecule has 0 aromatic heterocycles. The summed E-state index contributed by atoms with van der Waals surface area (Å²) in [5.41, 5.74) is 0. The van der Waals surface area contributed by atoms with E-state index in [4.69, 9.17) is 0 Å². The smallest absolute Gasteiger partial charge is 0.769 e. The quantitative estimate of drug-likeness (QED) is 0.193. The van der Waals surface area contributed by atoms with E-state index in [1.54, 1.807) is 0 Å². The molecule has 0 saturated carbocycles. The van der Waals surface area contributed by atoms with Crippen LogP contribution in [0, 0.1) is 0 Å². The molecule has 9 heavy (non-hydrogen) atoms. The summed E-state index contributed by atoms with van der Waals surface area (Å²) in [5.74, 6) is 0. The molecule has 48 valence electrons. The van der Waals surface area contributed by atoms with E-state index in [0.717, 1.165) is 0 Å². The summed E-state index contributed by atoms with van der Waals surface area (Å²) in [5, 5.41) is 3.08. The van der Waals surface area contributed by atoms with Crippen molar-refractivity contribution in [2.45, 2.75) is 13.3 Å². The first-order valence-corrected chi connectivity index (χ1v) is 3.39. The minimum absolute atomic E-state index is 0. The van der Waals surface area contributed by atoms with Gasteiger partial charge in [0.2, 0.25) is 8.25 Å². The first-order valence-electron chi connectivity index (χ1n) is 2.17. The second-order valence-corrected chi connectivity index (χ2v) is 1.72. The van der Waals surface area contributed by atoms with E-state index in [1.807, 2.05) is 6.92 Å². The van der Waals surface area contributed by atoms with Crippen molar-refractivity contribution in [3.8, 4) is 0 Å². The Hall–Kier alpha value is 0.660. The molecular weight excluding hydrogens is 152 g/mol. The van der Waals surface area contributed by atoms with Gasteiger partial charge in [-0.15, -0.1) is 0 Å². The summed E-state index contributed by atoms with van der Waals surface area (Å²) in [4.78, 5) is 9.61. The van der Waals surface area contributed by atoms with Crippen LogP contribution in [-0.4, -0.2) is 6.21 Å². The Balaban J connectivity index is 0. The third kappa shape index (κ3) is 12.0. The molecule has 0 bridgehead atoms. The van der Waals surface area contributed by atoms with E-state index in [-0.39, 0.29) is 29.6 Å². The van der Waals surface area contributed by atoms with E-state index in [2.05, 4.69) is 9.78 Å². The minimum atomic E-state index is -3.11. The Bertz CT molecular complexity index is 107. The molecule has 0 spiro atoms. The van der Waals surface area contributed by atoms with Crippen LogP contribution >= 0.6 is 8.25 Å². The molecule has 0 N–H and O–H groups in total. The van der Waals surface area contributed by atoms with Gasteiger partial charge in [0.05, 0.1) is 0 Å². The van der Waals surface area contributed by atoms with E-state index < -0.39 is 8.25 Å². The number of hydrogen-bond acceptors (Lipinski definition) is 4. The van der Waals surface area contributed by atoms with Crippen molar-refractivity contribution in [1.82, 2.24) is 0 Å². The normalized spacial score (nSPS) is 12.7. The molecule has 0 fully saturated rings. The van der Waals surface area contributed by atoms with Gasteiger partial charge in [-0.3, -0.25) is 4.57 Å². The molecule has 1 atom stereocenters. The maximum absolute atomic E-state index is 9.61. The first kappa shape index (κ1) is 12.3. The van der Waals surface area contributed by atoms with Crippen molar-refractivity contribution in [3.05, 3.63) is 0 Å². The average Bonchev–Trinajstić information content (AvgIpc) is 1.66. The van der Waals surface area contributed by atoms with Crippen molar-refractivity contribution in [2.24, 2.45) is 5.16 Å².